The summed E-state index contributed by atoms with van der Waals surface area (Å²) in [5.74, 6) is -1.01. The molecular weight excluding hydrogens is 300 g/mol. The fraction of sp³-hybridized carbons (Fsp3) is 0.118. The number of fused-ring (bicyclic) bond motifs is 1. The normalized spacial score (nSPS) is 19.9. The van der Waals surface area contributed by atoms with Crippen LogP contribution in [0.25, 0.3) is 5.76 Å². The molecule has 1 atom stereocenters. The first-order chi connectivity index (χ1) is 10.6. The minimum absolute atomic E-state index is 0.149. The second-order valence-electron chi connectivity index (χ2n) is 4.76. The summed E-state index contributed by atoms with van der Waals surface area (Å²) in [5, 5.41) is 10.4. The molecule has 1 aliphatic heterocycles. The first kappa shape index (κ1) is 14.5. The molecule has 0 saturated carbocycles. The van der Waals surface area contributed by atoms with Crippen LogP contribution in [0.1, 0.15) is 12.5 Å². The van der Waals surface area contributed by atoms with Crippen LogP contribution in [0.3, 0.4) is 0 Å². The number of aliphatic hydroxyl groups excluding tert-OH is 1. The molecule has 4 nitrogen and oxygen atoms in total. The van der Waals surface area contributed by atoms with Crippen molar-refractivity contribution in [1.82, 2.24) is 0 Å². The SMILES string of the molecule is CCOC(=O)C1=C(O)c2ccccc2[S+]1(=O)c1ccccc1. The molecule has 0 spiro atoms. The van der Waals surface area contributed by atoms with Crippen LogP contribution < -0.4 is 0 Å². The van der Waals surface area contributed by atoms with Crippen molar-refractivity contribution in [2.45, 2.75) is 16.7 Å². The number of benzene rings is 2. The molecule has 0 fully saturated rings. The van der Waals surface area contributed by atoms with Crippen molar-refractivity contribution in [1.29, 1.82) is 0 Å². The average Bonchev–Trinajstić information content (AvgIpc) is 2.78. The molecule has 0 aromatic heterocycles. The fourth-order valence-electron chi connectivity index (χ4n) is 2.55. The van der Waals surface area contributed by atoms with Crippen molar-refractivity contribution in [3.63, 3.8) is 0 Å². The quantitative estimate of drug-likeness (QED) is 0.696. The minimum Gasteiger partial charge on any atom is -0.503 e. The zero-order chi connectivity index (χ0) is 15.7. The van der Waals surface area contributed by atoms with Crippen molar-refractivity contribution in [2.75, 3.05) is 6.61 Å². The molecule has 0 radical (unpaired) electrons. The summed E-state index contributed by atoms with van der Waals surface area (Å²) in [6.45, 7) is 1.82. The molecule has 0 amide bonds. The number of esters is 1. The summed E-state index contributed by atoms with van der Waals surface area (Å²) in [5.41, 5.74) is 0.416. The summed E-state index contributed by atoms with van der Waals surface area (Å²) in [6, 6.07) is 15.5. The van der Waals surface area contributed by atoms with Gasteiger partial charge in [-0.15, -0.1) is 0 Å². The van der Waals surface area contributed by atoms with E-state index in [1.807, 2.05) is 0 Å². The number of carbonyl (C=O) groups is 1. The number of ether oxygens (including phenoxy) is 1. The maximum Gasteiger partial charge on any atom is 0.391 e. The average molecular weight is 315 g/mol. The lowest BCUT2D eigenvalue weighted by Crippen LogP contribution is -2.20. The third-order valence-electron chi connectivity index (χ3n) is 3.49. The minimum atomic E-state index is -3.05. The van der Waals surface area contributed by atoms with Crippen molar-refractivity contribution in [3.05, 3.63) is 65.1 Å². The highest BCUT2D eigenvalue weighted by Gasteiger charge is 2.54. The molecular formula is C17H15O4S+. The second kappa shape index (κ2) is 5.42. The van der Waals surface area contributed by atoms with E-state index < -0.39 is 15.9 Å². The van der Waals surface area contributed by atoms with Crippen molar-refractivity contribution < 1.29 is 18.8 Å². The van der Waals surface area contributed by atoms with E-state index in [1.54, 1.807) is 61.5 Å². The Kier molecular flexibility index (Phi) is 3.58. The maximum absolute atomic E-state index is 13.7. The van der Waals surface area contributed by atoms with Crippen LogP contribution in [0.4, 0.5) is 0 Å². The number of hydrogen-bond acceptors (Lipinski definition) is 4. The molecule has 3 rings (SSSR count). The van der Waals surface area contributed by atoms with Gasteiger partial charge in [0.1, 0.15) is 0 Å². The monoisotopic (exact) mass is 315 g/mol. The molecule has 2 aromatic rings. The van der Waals surface area contributed by atoms with E-state index in [0.29, 0.717) is 15.4 Å². The van der Waals surface area contributed by atoms with Crippen LogP contribution in [0.5, 0.6) is 0 Å². The zero-order valence-corrected chi connectivity index (χ0v) is 12.8. The van der Waals surface area contributed by atoms with Crippen LogP contribution >= 0.6 is 0 Å². The van der Waals surface area contributed by atoms with E-state index >= 15 is 0 Å². The Bertz CT molecular complexity index is 808. The Morgan fingerprint density at radius 3 is 2.41 bits per heavy atom. The molecule has 112 valence electrons. The van der Waals surface area contributed by atoms with Gasteiger partial charge >= 0.3 is 5.97 Å². The number of aliphatic hydroxyl groups is 1. The van der Waals surface area contributed by atoms with Gasteiger partial charge < -0.3 is 9.84 Å². The molecule has 1 unspecified atom stereocenters. The Morgan fingerprint density at radius 2 is 1.73 bits per heavy atom. The van der Waals surface area contributed by atoms with Gasteiger partial charge in [-0.05, 0) is 31.2 Å². The van der Waals surface area contributed by atoms with Crippen molar-refractivity contribution in [3.8, 4) is 0 Å². The molecule has 1 heterocycles. The lowest BCUT2D eigenvalue weighted by atomic mass is 10.2. The largest absolute Gasteiger partial charge is 0.503 e. The second-order valence-corrected chi connectivity index (χ2v) is 7.20. The van der Waals surface area contributed by atoms with Crippen LogP contribution in [0.15, 0.2) is 69.3 Å². The molecule has 5 heteroatoms. The summed E-state index contributed by atoms with van der Waals surface area (Å²) in [4.78, 5) is 13.1. The van der Waals surface area contributed by atoms with Gasteiger partial charge in [0.15, 0.2) is 25.5 Å². The molecule has 0 saturated heterocycles. The standard InChI is InChI=1S/C17H14O4S/c1-2-21-17(19)16-15(18)13-10-6-7-11-14(13)22(16,20)12-8-4-3-5-9-12/h3-11H,2H2,1H3/p+1. The molecule has 0 bridgehead atoms. The van der Waals surface area contributed by atoms with Gasteiger partial charge in [0.25, 0.3) is 4.91 Å². The van der Waals surface area contributed by atoms with Crippen molar-refractivity contribution in [2.24, 2.45) is 0 Å². The maximum atomic E-state index is 13.7. The smallest absolute Gasteiger partial charge is 0.391 e. The predicted octanol–water partition coefficient (Wildman–Crippen LogP) is 3.41. The van der Waals surface area contributed by atoms with E-state index in [4.69, 9.17) is 4.74 Å². The summed E-state index contributed by atoms with van der Waals surface area (Å²) >= 11 is 0. The Balaban J connectivity index is 2.30. The Morgan fingerprint density at radius 1 is 1.09 bits per heavy atom. The number of hydrogen-bond donors (Lipinski definition) is 1. The van der Waals surface area contributed by atoms with Crippen LogP contribution in [0.2, 0.25) is 0 Å². The van der Waals surface area contributed by atoms with Crippen LogP contribution in [0, 0.1) is 0 Å². The van der Waals surface area contributed by atoms with E-state index in [9.17, 15) is 14.1 Å². The van der Waals surface area contributed by atoms with Gasteiger partial charge in [-0.25, -0.2) is 4.79 Å². The highest BCUT2D eigenvalue weighted by Crippen LogP contribution is 2.47. The number of carbonyl (C=O) groups excluding carboxylic acids is 1. The third kappa shape index (κ3) is 1.97. The topological polar surface area (TPSA) is 63.6 Å². The lowest BCUT2D eigenvalue weighted by Gasteiger charge is -2.09. The lowest BCUT2D eigenvalue weighted by molar-refractivity contribution is -0.137. The Labute approximate surface area is 129 Å². The van der Waals surface area contributed by atoms with Gasteiger partial charge in [0.2, 0.25) is 0 Å². The van der Waals surface area contributed by atoms with Gasteiger partial charge in [0, 0.05) is 0 Å². The van der Waals surface area contributed by atoms with Crippen LogP contribution in [-0.4, -0.2) is 17.7 Å². The van der Waals surface area contributed by atoms with Crippen molar-refractivity contribution >= 4 is 21.7 Å². The van der Waals surface area contributed by atoms with Crippen LogP contribution in [-0.2, 0) is 23.7 Å². The van der Waals surface area contributed by atoms with E-state index in [0.717, 1.165) is 0 Å². The van der Waals surface area contributed by atoms with Gasteiger partial charge in [-0.1, -0.05) is 34.5 Å². The number of rotatable bonds is 3. The zero-order valence-electron chi connectivity index (χ0n) is 12.0. The van der Waals surface area contributed by atoms with E-state index in [-0.39, 0.29) is 17.3 Å². The van der Waals surface area contributed by atoms with E-state index in [2.05, 4.69) is 0 Å². The molecule has 22 heavy (non-hydrogen) atoms. The third-order valence-corrected chi connectivity index (χ3v) is 6.34. The highest BCUT2D eigenvalue weighted by molar-refractivity contribution is 8.08. The van der Waals surface area contributed by atoms with Gasteiger partial charge in [0.05, 0.1) is 12.2 Å². The van der Waals surface area contributed by atoms with Gasteiger partial charge in [-0.2, -0.15) is 0 Å². The molecule has 2 aromatic carbocycles. The first-order valence-electron chi connectivity index (χ1n) is 6.89. The molecule has 0 aliphatic carbocycles. The predicted molar refractivity (Wildman–Crippen MR) is 83.6 cm³/mol. The molecule has 1 aliphatic rings. The van der Waals surface area contributed by atoms with E-state index in [1.165, 1.54) is 0 Å². The molecule has 1 N–H and O–H groups in total. The highest BCUT2D eigenvalue weighted by atomic mass is 32.2. The first-order valence-corrected chi connectivity index (χ1v) is 8.45. The summed E-state index contributed by atoms with van der Waals surface area (Å²) < 4.78 is 18.8. The Hall–Kier alpha value is -2.40. The summed E-state index contributed by atoms with van der Waals surface area (Å²) in [7, 11) is -3.05. The summed E-state index contributed by atoms with van der Waals surface area (Å²) in [6.07, 6.45) is 0. The van der Waals surface area contributed by atoms with Gasteiger partial charge in [-0.3, -0.25) is 0 Å². The fourth-order valence-corrected chi connectivity index (χ4v) is 5.22.